The van der Waals surface area contributed by atoms with Gasteiger partial charge in [0.15, 0.2) is 0 Å². The molecule has 0 saturated heterocycles. The maximum Gasteiger partial charge on any atom is 0.0541 e. The summed E-state index contributed by atoms with van der Waals surface area (Å²) in [6, 6.07) is 77.7. The van der Waals surface area contributed by atoms with E-state index >= 15 is 0 Å². The van der Waals surface area contributed by atoms with E-state index in [2.05, 4.69) is 229 Å². The van der Waals surface area contributed by atoms with E-state index in [1.54, 1.807) is 0 Å². The van der Waals surface area contributed by atoms with Crippen LogP contribution in [0.1, 0.15) is 23.6 Å². The van der Waals surface area contributed by atoms with Gasteiger partial charge in [-0.25, -0.2) is 0 Å². The van der Waals surface area contributed by atoms with E-state index in [1.807, 2.05) is 0 Å². The van der Waals surface area contributed by atoms with E-state index < -0.39 is 0 Å². The highest BCUT2D eigenvalue weighted by Crippen LogP contribution is 2.54. The molecule has 0 aliphatic heterocycles. The summed E-state index contributed by atoms with van der Waals surface area (Å²) in [5.41, 5.74) is 15.7. The second-order valence-corrected chi connectivity index (χ2v) is 15.1. The van der Waals surface area contributed by atoms with Gasteiger partial charge in [-0.3, -0.25) is 0 Å². The Morgan fingerprint density at radius 3 is 1.62 bits per heavy atom. The van der Waals surface area contributed by atoms with Crippen LogP contribution in [0.5, 0.6) is 0 Å². The number of para-hydroxylation sites is 3. The molecule has 0 radical (unpaired) electrons. The average Bonchev–Trinajstić information content (AvgIpc) is 3.73. The molecule has 1 aliphatic carbocycles. The molecule has 0 spiro atoms. The van der Waals surface area contributed by atoms with Crippen molar-refractivity contribution < 1.29 is 0 Å². The molecule has 2 nitrogen and oxygen atoms in total. The smallest absolute Gasteiger partial charge is 0.0541 e. The topological polar surface area (TPSA) is 8.17 Å². The zero-order chi connectivity index (χ0) is 37.2. The molecule has 9 aromatic carbocycles. The summed E-state index contributed by atoms with van der Waals surface area (Å²) >= 11 is 0. The molecule has 0 bridgehead atoms. The molecule has 1 unspecified atom stereocenters. The van der Waals surface area contributed by atoms with Crippen LogP contribution in [0.4, 0.5) is 17.1 Å². The van der Waals surface area contributed by atoms with Crippen molar-refractivity contribution in [3.8, 4) is 27.9 Å². The lowest BCUT2D eigenvalue weighted by atomic mass is 9.73. The van der Waals surface area contributed by atoms with Crippen molar-refractivity contribution in [2.75, 3.05) is 4.90 Å². The first-order valence-electron chi connectivity index (χ1n) is 19.4. The predicted octanol–water partition coefficient (Wildman–Crippen LogP) is 14.4. The summed E-state index contributed by atoms with van der Waals surface area (Å²) in [5, 5.41) is 5.06. The fourth-order valence-corrected chi connectivity index (χ4v) is 9.26. The van der Waals surface area contributed by atoms with Crippen LogP contribution in [-0.2, 0) is 5.41 Å². The third kappa shape index (κ3) is 4.96. The number of anilines is 3. The van der Waals surface area contributed by atoms with E-state index in [9.17, 15) is 0 Å². The number of nitrogens with zero attached hydrogens (tertiary/aromatic N) is 2. The molecule has 1 heterocycles. The average molecular weight is 715 g/mol. The largest absolute Gasteiger partial charge is 0.311 e. The summed E-state index contributed by atoms with van der Waals surface area (Å²) < 4.78 is 2.42. The Labute approximate surface area is 327 Å². The fraction of sp³-hybridized carbons (Fsp3) is 0.0370. The second kappa shape index (κ2) is 12.7. The quantitative estimate of drug-likeness (QED) is 0.166. The van der Waals surface area contributed by atoms with Gasteiger partial charge in [0.05, 0.1) is 11.0 Å². The van der Waals surface area contributed by atoms with Gasteiger partial charge in [-0.05, 0) is 142 Å². The Bertz CT molecular complexity index is 3030. The lowest BCUT2D eigenvalue weighted by Gasteiger charge is -2.29. The molecule has 0 N–H and O–H groups in total. The Balaban J connectivity index is 1.08. The summed E-state index contributed by atoms with van der Waals surface area (Å²) in [6.45, 7) is 2.42. The molecule has 2 heteroatoms. The van der Waals surface area contributed by atoms with Gasteiger partial charge < -0.3 is 9.47 Å². The summed E-state index contributed by atoms with van der Waals surface area (Å²) in [7, 11) is 0. The Hall–Kier alpha value is -7.16. The van der Waals surface area contributed by atoms with Gasteiger partial charge in [0.2, 0.25) is 0 Å². The first-order valence-corrected chi connectivity index (χ1v) is 19.4. The van der Waals surface area contributed by atoms with Gasteiger partial charge in [0.1, 0.15) is 0 Å². The highest BCUT2D eigenvalue weighted by molar-refractivity contribution is 6.11. The second-order valence-electron chi connectivity index (χ2n) is 15.1. The van der Waals surface area contributed by atoms with Gasteiger partial charge in [0, 0.05) is 38.9 Å². The van der Waals surface area contributed by atoms with Crippen LogP contribution < -0.4 is 4.90 Å². The molecular weight excluding hydrogens is 677 g/mol. The van der Waals surface area contributed by atoms with Crippen LogP contribution in [0.3, 0.4) is 0 Å². The van der Waals surface area contributed by atoms with Crippen molar-refractivity contribution in [2.45, 2.75) is 12.3 Å². The molecule has 11 rings (SSSR count). The Morgan fingerprint density at radius 1 is 0.393 bits per heavy atom. The van der Waals surface area contributed by atoms with E-state index in [0.717, 1.165) is 22.7 Å². The maximum absolute atomic E-state index is 2.47. The van der Waals surface area contributed by atoms with Gasteiger partial charge >= 0.3 is 0 Å². The molecule has 0 fully saturated rings. The first kappa shape index (κ1) is 32.3. The molecule has 264 valence electrons. The Kier molecular flexibility index (Phi) is 7.33. The normalized spacial score (nSPS) is 14.6. The molecule has 56 heavy (non-hydrogen) atoms. The number of hydrogen-bond donors (Lipinski definition) is 0. The molecule has 1 atom stereocenters. The van der Waals surface area contributed by atoms with E-state index in [-0.39, 0.29) is 5.41 Å². The van der Waals surface area contributed by atoms with Gasteiger partial charge in [0.25, 0.3) is 0 Å². The molecule has 0 saturated carbocycles. The number of rotatable bonds is 6. The third-order valence-corrected chi connectivity index (χ3v) is 12.0. The van der Waals surface area contributed by atoms with Crippen LogP contribution in [0.25, 0.3) is 60.5 Å². The lowest BCUT2D eigenvalue weighted by Crippen LogP contribution is -2.22. The summed E-state index contributed by atoms with van der Waals surface area (Å²) in [6.07, 6.45) is 0. The summed E-state index contributed by atoms with van der Waals surface area (Å²) in [5.74, 6) is 0. The predicted molar refractivity (Wildman–Crippen MR) is 236 cm³/mol. The Morgan fingerprint density at radius 2 is 0.929 bits per heavy atom. The van der Waals surface area contributed by atoms with Crippen LogP contribution in [0, 0.1) is 0 Å². The minimum atomic E-state index is -0.317. The lowest BCUT2D eigenvalue weighted by molar-refractivity contribution is 0.716. The molecule has 1 aromatic heterocycles. The van der Waals surface area contributed by atoms with Crippen molar-refractivity contribution >= 4 is 49.6 Å². The summed E-state index contributed by atoms with van der Waals surface area (Å²) in [4.78, 5) is 2.31. The van der Waals surface area contributed by atoms with E-state index in [1.165, 1.54) is 71.5 Å². The van der Waals surface area contributed by atoms with Crippen LogP contribution >= 0.6 is 0 Å². The van der Waals surface area contributed by atoms with Crippen LogP contribution in [0.2, 0.25) is 0 Å². The third-order valence-electron chi connectivity index (χ3n) is 12.0. The van der Waals surface area contributed by atoms with E-state index in [0.29, 0.717) is 0 Å². The van der Waals surface area contributed by atoms with Gasteiger partial charge in [-0.1, -0.05) is 127 Å². The van der Waals surface area contributed by atoms with Crippen molar-refractivity contribution in [2.24, 2.45) is 0 Å². The first-order chi connectivity index (χ1) is 27.6. The van der Waals surface area contributed by atoms with Crippen molar-refractivity contribution in [1.82, 2.24) is 4.57 Å². The van der Waals surface area contributed by atoms with E-state index in [4.69, 9.17) is 0 Å². The number of aromatic nitrogens is 1. The molecule has 10 aromatic rings. The van der Waals surface area contributed by atoms with Crippen LogP contribution in [0.15, 0.2) is 212 Å². The van der Waals surface area contributed by atoms with Crippen LogP contribution in [-0.4, -0.2) is 4.57 Å². The zero-order valence-electron chi connectivity index (χ0n) is 31.1. The van der Waals surface area contributed by atoms with Crippen molar-refractivity contribution in [3.63, 3.8) is 0 Å². The highest BCUT2D eigenvalue weighted by Gasteiger charge is 2.41. The minimum Gasteiger partial charge on any atom is -0.311 e. The fourth-order valence-electron chi connectivity index (χ4n) is 9.26. The van der Waals surface area contributed by atoms with Gasteiger partial charge in [-0.2, -0.15) is 0 Å². The number of hydrogen-bond acceptors (Lipinski definition) is 1. The zero-order valence-corrected chi connectivity index (χ0v) is 31.1. The molecule has 0 amide bonds. The molecular formula is C54H38N2. The van der Waals surface area contributed by atoms with Crippen molar-refractivity contribution in [1.29, 1.82) is 0 Å². The number of benzene rings is 9. The van der Waals surface area contributed by atoms with Crippen molar-refractivity contribution in [3.05, 3.63) is 229 Å². The maximum atomic E-state index is 2.47. The number of fused-ring (bicyclic) bond motifs is 7. The SMILES string of the molecule is CC1(c2ccc3c(c2)c2cc(-c4ccc(N(c5ccccc5)c5ccccc5)cc4)ccc2n3-c2ccccc2)c2ccccc2-c2cc3ccccc3cc21. The standard InChI is InChI=1S/C54H38N2/c1-54(50-24-14-13-23-46(50)47-33-38-15-11-12-16-39(38)35-51(47)54)41-28-32-53-49(36-41)48-34-40(27-31-52(48)56(53)44-21-9-4-10-22-44)37-25-29-45(30-26-37)55(42-17-5-2-6-18-42)43-19-7-3-8-20-43/h2-36H,1H3. The molecule has 1 aliphatic rings. The minimum absolute atomic E-state index is 0.317. The monoisotopic (exact) mass is 714 g/mol. The van der Waals surface area contributed by atoms with Gasteiger partial charge in [-0.15, -0.1) is 0 Å². The highest BCUT2D eigenvalue weighted by atomic mass is 15.1.